The van der Waals surface area contributed by atoms with Crippen molar-refractivity contribution in [3.05, 3.63) is 4.91 Å². The SMILES string of the molecule is CO[N+](=O)OCC(CCCCOC(C)=O)ON(O)O. The Balaban J connectivity index is 3.85. The Labute approximate surface area is 109 Å². The van der Waals surface area contributed by atoms with Crippen LogP contribution < -0.4 is 0 Å². The molecule has 0 aromatic rings. The van der Waals surface area contributed by atoms with Crippen LogP contribution in [0.2, 0.25) is 0 Å². The van der Waals surface area contributed by atoms with E-state index in [1.165, 1.54) is 6.92 Å². The highest BCUT2D eigenvalue weighted by atomic mass is 17.1. The van der Waals surface area contributed by atoms with Crippen molar-refractivity contribution >= 4 is 5.97 Å². The summed E-state index contributed by atoms with van der Waals surface area (Å²) in [6.45, 7) is 1.34. The lowest BCUT2D eigenvalue weighted by Crippen LogP contribution is -2.29. The van der Waals surface area contributed by atoms with Crippen LogP contribution in [-0.2, 0) is 24.0 Å². The molecule has 0 aliphatic rings. The number of carbonyl (C=O) groups excluding carboxylic acids is 1. The van der Waals surface area contributed by atoms with Gasteiger partial charge in [0, 0.05) is 6.92 Å². The van der Waals surface area contributed by atoms with Gasteiger partial charge in [-0.25, -0.2) is 4.84 Å². The van der Waals surface area contributed by atoms with Crippen molar-refractivity contribution in [2.75, 3.05) is 20.3 Å². The maximum Gasteiger partial charge on any atom is 0.477 e. The molecule has 0 fully saturated rings. The number of nitrogens with zero attached hydrogens (tertiary/aromatic N) is 2. The lowest BCUT2D eigenvalue weighted by Gasteiger charge is -2.15. The summed E-state index contributed by atoms with van der Waals surface area (Å²) < 4.78 is 4.72. The highest BCUT2D eigenvalue weighted by Crippen LogP contribution is 2.07. The van der Waals surface area contributed by atoms with Gasteiger partial charge in [0.25, 0.3) is 0 Å². The number of rotatable bonds is 11. The van der Waals surface area contributed by atoms with Crippen LogP contribution in [0, 0.1) is 4.91 Å². The third-order valence-corrected chi connectivity index (χ3v) is 1.98. The molecule has 19 heavy (non-hydrogen) atoms. The van der Waals surface area contributed by atoms with Crippen LogP contribution in [0.5, 0.6) is 0 Å². The van der Waals surface area contributed by atoms with Crippen LogP contribution in [0.3, 0.4) is 0 Å². The minimum atomic E-state index is -0.765. The molecule has 1 unspecified atom stereocenters. The molecule has 0 rings (SSSR count). The van der Waals surface area contributed by atoms with Gasteiger partial charge in [0.15, 0.2) is 13.7 Å². The molecule has 0 radical (unpaired) electrons. The summed E-state index contributed by atoms with van der Waals surface area (Å²) in [5, 5.41) is 16.5. The van der Waals surface area contributed by atoms with Crippen molar-refractivity contribution in [2.24, 2.45) is 0 Å². The quantitative estimate of drug-likeness (QED) is 0.315. The Hall–Kier alpha value is -1.49. The maximum absolute atomic E-state index is 10.7. The van der Waals surface area contributed by atoms with E-state index in [-0.39, 0.29) is 24.3 Å². The van der Waals surface area contributed by atoms with Crippen LogP contribution in [0.1, 0.15) is 26.2 Å². The van der Waals surface area contributed by atoms with Crippen LogP contribution in [-0.4, -0.2) is 53.3 Å². The van der Waals surface area contributed by atoms with Crippen LogP contribution in [0.25, 0.3) is 0 Å². The maximum atomic E-state index is 10.7. The first-order valence-corrected chi connectivity index (χ1v) is 5.58. The predicted molar refractivity (Wildman–Crippen MR) is 57.4 cm³/mol. The molecule has 0 aliphatic heterocycles. The molecule has 112 valence electrons. The number of hydrogen-bond donors (Lipinski definition) is 2. The van der Waals surface area contributed by atoms with E-state index in [0.717, 1.165) is 7.11 Å². The summed E-state index contributed by atoms with van der Waals surface area (Å²) in [5.41, 5.74) is 0. The van der Waals surface area contributed by atoms with Gasteiger partial charge in [-0.05, 0) is 19.3 Å². The van der Waals surface area contributed by atoms with E-state index >= 15 is 0 Å². The molecule has 0 aromatic carbocycles. The highest BCUT2D eigenvalue weighted by Gasteiger charge is 2.19. The van der Waals surface area contributed by atoms with Gasteiger partial charge in [-0.15, -0.1) is 0 Å². The summed E-state index contributed by atoms with van der Waals surface area (Å²) in [6.07, 6.45) is 0.734. The fourth-order valence-corrected chi connectivity index (χ4v) is 1.19. The summed E-state index contributed by atoms with van der Waals surface area (Å²) in [4.78, 5) is 34.5. The molecule has 0 saturated heterocycles. The second kappa shape index (κ2) is 10.4. The van der Waals surface area contributed by atoms with E-state index in [2.05, 4.69) is 14.5 Å². The number of esters is 1. The molecular weight excluding hydrogens is 264 g/mol. The molecule has 2 N–H and O–H groups in total. The Bertz CT molecular complexity index is 273. The molecule has 0 spiro atoms. The standard InChI is InChI=1S/C9H19N2O8/c1-8(12)17-6-4-3-5-9(19-10(13)14)7-18-11(15)16-2/h9,13-14H,3-7H2,1-2H3/q+1. The zero-order valence-electron chi connectivity index (χ0n) is 10.9. The average Bonchev–Trinajstić information content (AvgIpc) is 2.33. The first kappa shape index (κ1) is 17.5. The first-order chi connectivity index (χ1) is 8.95. The van der Waals surface area contributed by atoms with Gasteiger partial charge in [-0.3, -0.25) is 15.2 Å². The summed E-state index contributed by atoms with van der Waals surface area (Å²) in [7, 11) is 1.12. The monoisotopic (exact) mass is 283 g/mol. The first-order valence-electron chi connectivity index (χ1n) is 5.58. The summed E-state index contributed by atoms with van der Waals surface area (Å²) in [6, 6.07) is 0. The highest BCUT2D eigenvalue weighted by molar-refractivity contribution is 5.65. The molecule has 0 heterocycles. The Kier molecular flexibility index (Phi) is 9.62. The zero-order chi connectivity index (χ0) is 14.7. The third kappa shape index (κ3) is 11.3. The van der Waals surface area contributed by atoms with Gasteiger partial charge < -0.3 is 4.74 Å². The van der Waals surface area contributed by atoms with Crippen LogP contribution >= 0.6 is 0 Å². The molecule has 10 nitrogen and oxygen atoms in total. The smallest absolute Gasteiger partial charge is 0.466 e. The Morgan fingerprint density at radius 3 is 2.58 bits per heavy atom. The Morgan fingerprint density at radius 2 is 2.05 bits per heavy atom. The molecule has 0 aromatic heterocycles. The number of unbranched alkanes of at least 4 members (excludes halogenated alkanes) is 1. The molecule has 0 saturated carbocycles. The largest absolute Gasteiger partial charge is 0.477 e. The minimum Gasteiger partial charge on any atom is -0.466 e. The number of carbonyl (C=O) groups is 1. The van der Waals surface area contributed by atoms with Gasteiger partial charge in [0.2, 0.25) is 0 Å². The van der Waals surface area contributed by atoms with E-state index < -0.39 is 11.5 Å². The second-order valence-electron chi connectivity index (χ2n) is 3.52. The minimum absolute atomic E-state index is 0.131. The lowest BCUT2D eigenvalue weighted by atomic mass is 10.2. The van der Waals surface area contributed by atoms with Crippen molar-refractivity contribution < 1.29 is 39.5 Å². The molecule has 1 atom stereocenters. The summed E-state index contributed by atoms with van der Waals surface area (Å²) in [5.74, 6) is -0.366. The van der Waals surface area contributed by atoms with Gasteiger partial charge >= 0.3 is 11.1 Å². The predicted octanol–water partition coefficient (Wildman–Crippen LogP) is 0.372. The molecule has 0 aliphatic carbocycles. The summed E-state index contributed by atoms with van der Waals surface area (Å²) >= 11 is 0. The van der Waals surface area contributed by atoms with Gasteiger partial charge in [-0.1, -0.05) is 0 Å². The lowest BCUT2D eigenvalue weighted by molar-refractivity contribution is -0.977. The van der Waals surface area contributed by atoms with E-state index in [1.54, 1.807) is 0 Å². The normalized spacial score (nSPS) is 12.1. The van der Waals surface area contributed by atoms with Gasteiger partial charge in [-0.2, -0.15) is 9.68 Å². The molecule has 10 heteroatoms. The number of ether oxygens (including phenoxy) is 1. The van der Waals surface area contributed by atoms with Crippen LogP contribution in [0.15, 0.2) is 0 Å². The Morgan fingerprint density at radius 1 is 1.37 bits per heavy atom. The fraction of sp³-hybridized carbons (Fsp3) is 0.889. The van der Waals surface area contributed by atoms with Crippen molar-refractivity contribution in [1.29, 1.82) is 0 Å². The van der Waals surface area contributed by atoms with E-state index in [0.29, 0.717) is 19.3 Å². The van der Waals surface area contributed by atoms with Crippen LogP contribution in [0.4, 0.5) is 0 Å². The van der Waals surface area contributed by atoms with E-state index in [4.69, 9.17) is 15.2 Å². The van der Waals surface area contributed by atoms with E-state index in [1.807, 2.05) is 0 Å². The van der Waals surface area contributed by atoms with Gasteiger partial charge in [0.05, 0.1) is 12.0 Å². The van der Waals surface area contributed by atoms with Crippen molar-refractivity contribution in [2.45, 2.75) is 32.3 Å². The van der Waals surface area contributed by atoms with Crippen molar-refractivity contribution in [3.8, 4) is 0 Å². The molecular formula is C9H19N2O8+. The van der Waals surface area contributed by atoms with Crippen molar-refractivity contribution in [1.82, 2.24) is 5.39 Å². The third-order valence-electron chi connectivity index (χ3n) is 1.98. The van der Waals surface area contributed by atoms with Gasteiger partial charge in [0.1, 0.15) is 11.0 Å². The fourth-order valence-electron chi connectivity index (χ4n) is 1.19. The zero-order valence-corrected chi connectivity index (χ0v) is 10.9. The van der Waals surface area contributed by atoms with Crippen molar-refractivity contribution in [3.63, 3.8) is 0 Å². The molecule has 0 bridgehead atoms. The second-order valence-corrected chi connectivity index (χ2v) is 3.52. The van der Waals surface area contributed by atoms with E-state index in [9.17, 15) is 9.70 Å². The molecule has 0 amide bonds. The number of hydrogen-bond acceptors (Lipinski definition) is 9. The average molecular weight is 283 g/mol. The topological polar surface area (TPSA) is 118 Å².